The molecule has 0 spiro atoms. The van der Waals surface area contributed by atoms with Crippen LogP contribution in [0, 0.1) is 0 Å². The fraction of sp³-hybridized carbons (Fsp3) is 0. The summed E-state index contributed by atoms with van der Waals surface area (Å²) in [5, 5.41) is 14.2. The van der Waals surface area contributed by atoms with Crippen LogP contribution in [0.2, 0.25) is 5.02 Å². The monoisotopic (exact) mass is 332 g/mol. The summed E-state index contributed by atoms with van der Waals surface area (Å²) in [6.45, 7) is 0. The van der Waals surface area contributed by atoms with Crippen LogP contribution in [0.15, 0.2) is 79.1 Å². The molecule has 24 heavy (non-hydrogen) atoms. The number of hydrogen-bond acceptors (Lipinski definition) is 2. The van der Waals surface area contributed by atoms with E-state index in [4.69, 9.17) is 11.6 Å². The Bertz CT molecular complexity index is 1020. The van der Waals surface area contributed by atoms with Gasteiger partial charge in [0.25, 0.3) is 0 Å². The molecular weight excluding hydrogens is 320 g/mol. The van der Waals surface area contributed by atoms with Crippen LogP contribution >= 0.6 is 11.6 Å². The lowest BCUT2D eigenvalue weighted by Gasteiger charge is -2.15. The highest BCUT2D eigenvalue weighted by atomic mass is 35.5. The Balaban J connectivity index is 2.17. The van der Waals surface area contributed by atoms with Gasteiger partial charge in [0.1, 0.15) is 0 Å². The molecule has 0 saturated heterocycles. The molecule has 4 rings (SSSR count). The second kappa shape index (κ2) is 5.95. The highest BCUT2D eigenvalue weighted by molar-refractivity contribution is 6.31. The molecule has 0 fully saturated rings. The van der Waals surface area contributed by atoms with Crippen LogP contribution in [-0.4, -0.2) is 4.98 Å². The summed E-state index contributed by atoms with van der Waals surface area (Å²) in [6.07, 6.45) is 3.70. The van der Waals surface area contributed by atoms with E-state index in [-0.39, 0.29) is 5.88 Å². The molecule has 4 heteroatoms. The quantitative estimate of drug-likeness (QED) is 0.522. The van der Waals surface area contributed by atoms with E-state index >= 15 is 0 Å². The number of hydrogen-bond donors (Lipinski definition) is 0. The van der Waals surface area contributed by atoms with Crippen molar-refractivity contribution < 1.29 is 9.67 Å². The maximum absolute atomic E-state index is 12.7. The van der Waals surface area contributed by atoms with Crippen LogP contribution in [0.4, 0.5) is 0 Å². The maximum atomic E-state index is 12.7. The van der Waals surface area contributed by atoms with Crippen molar-refractivity contribution in [2.75, 3.05) is 0 Å². The minimum Gasteiger partial charge on any atom is -0.854 e. The summed E-state index contributed by atoms with van der Waals surface area (Å²) in [5.74, 6) is -0.264. The summed E-state index contributed by atoms with van der Waals surface area (Å²) >= 11 is 6.20. The molecule has 0 aliphatic carbocycles. The van der Waals surface area contributed by atoms with Gasteiger partial charge in [-0.15, -0.1) is 0 Å². The predicted molar refractivity (Wildman–Crippen MR) is 93.2 cm³/mol. The van der Waals surface area contributed by atoms with E-state index in [1.54, 1.807) is 16.7 Å². The second-order valence-electron chi connectivity index (χ2n) is 5.45. The van der Waals surface area contributed by atoms with E-state index < -0.39 is 0 Å². The molecule has 2 heterocycles. The molecule has 0 amide bonds. The minimum atomic E-state index is -0.264. The van der Waals surface area contributed by atoms with Gasteiger partial charge in [-0.25, -0.2) is 0 Å². The standard InChI is InChI=1S/C20H13ClN2O/c21-15-9-10-17-16(13-15)18(14-7-3-1-4-8-14)19(20(24)22-17)23-11-5-2-6-12-23/h1-13H. The molecule has 0 saturated carbocycles. The molecule has 0 aliphatic heterocycles. The van der Waals surface area contributed by atoms with Gasteiger partial charge >= 0.3 is 0 Å². The van der Waals surface area contributed by atoms with E-state index in [9.17, 15) is 5.11 Å². The van der Waals surface area contributed by atoms with Crippen molar-refractivity contribution in [3.63, 3.8) is 0 Å². The van der Waals surface area contributed by atoms with Gasteiger partial charge in [0.2, 0.25) is 5.69 Å². The van der Waals surface area contributed by atoms with Crippen LogP contribution in [0.25, 0.3) is 27.7 Å². The van der Waals surface area contributed by atoms with Crippen molar-refractivity contribution >= 4 is 22.5 Å². The average molecular weight is 333 g/mol. The van der Waals surface area contributed by atoms with Crippen LogP contribution < -0.4 is 9.67 Å². The lowest BCUT2D eigenvalue weighted by atomic mass is 9.99. The molecule has 2 aromatic carbocycles. The largest absolute Gasteiger partial charge is 0.854 e. The van der Waals surface area contributed by atoms with Gasteiger partial charge in [-0.2, -0.15) is 4.57 Å². The third-order valence-electron chi connectivity index (χ3n) is 3.93. The highest BCUT2D eigenvalue weighted by Gasteiger charge is 2.20. The fourth-order valence-electron chi connectivity index (χ4n) is 2.89. The number of pyridine rings is 2. The number of halogens is 1. The van der Waals surface area contributed by atoms with Gasteiger partial charge in [0.15, 0.2) is 12.4 Å². The Morgan fingerprint density at radius 1 is 0.875 bits per heavy atom. The number of nitrogens with zero attached hydrogens (tertiary/aromatic N) is 2. The van der Waals surface area contributed by atoms with E-state index in [1.807, 2.05) is 67.0 Å². The summed E-state index contributed by atoms with van der Waals surface area (Å²) in [7, 11) is 0. The van der Waals surface area contributed by atoms with Crippen molar-refractivity contribution in [2.45, 2.75) is 0 Å². The van der Waals surface area contributed by atoms with Crippen LogP contribution in [0.3, 0.4) is 0 Å². The first-order chi connectivity index (χ1) is 11.7. The average Bonchev–Trinajstić information content (AvgIpc) is 2.62. The third-order valence-corrected chi connectivity index (χ3v) is 4.16. The van der Waals surface area contributed by atoms with Gasteiger partial charge in [-0.3, -0.25) is 4.98 Å². The van der Waals surface area contributed by atoms with Gasteiger partial charge in [-0.05, 0) is 23.8 Å². The zero-order valence-corrected chi connectivity index (χ0v) is 13.4. The zero-order chi connectivity index (χ0) is 16.5. The molecule has 3 nitrogen and oxygen atoms in total. The Morgan fingerprint density at radius 2 is 1.58 bits per heavy atom. The van der Waals surface area contributed by atoms with E-state index in [0.717, 1.165) is 16.5 Å². The summed E-state index contributed by atoms with van der Waals surface area (Å²) in [5.41, 5.74) is 2.96. The van der Waals surface area contributed by atoms with E-state index in [2.05, 4.69) is 4.98 Å². The zero-order valence-electron chi connectivity index (χ0n) is 12.7. The van der Waals surface area contributed by atoms with Crippen molar-refractivity contribution in [1.29, 1.82) is 0 Å². The maximum Gasteiger partial charge on any atom is 0.230 e. The van der Waals surface area contributed by atoms with Gasteiger partial charge in [0, 0.05) is 22.5 Å². The molecule has 0 bridgehead atoms. The fourth-order valence-corrected chi connectivity index (χ4v) is 3.06. The molecule has 0 aliphatic rings. The van der Waals surface area contributed by atoms with Crippen molar-refractivity contribution in [3.05, 3.63) is 84.1 Å². The van der Waals surface area contributed by atoms with Gasteiger partial charge in [-0.1, -0.05) is 48.0 Å². The number of aromatic nitrogens is 2. The highest BCUT2D eigenvalue weighted by Crippen LogP contribution is 2.36. The first-order valence-electron chi connectivity index (χ1n) is 7.56. The number of fused-ring (bicyclic) bond motifs is 1. The molecule has 0 atom stereocenters. The molecule has 116 valence electrons. The predicted octanol–water partition coefficient (Wildman–Crippen LogP) is 3.91. The lowest BCUT2D eigenvalue weighted by Crippen LogP contribution is -2.32. The second-order valence-corrected chi connectivity index (χ2v) is 5.89. The first kappa shape index (κ1) is 14.7. The summed E-state index contributed by atoms with van der Waals surface area (Å²) < 4.78 is 1.80. The van der Waals surface area contributed by atoms with Crippen LogP contribution in [0.1, 0.15) is 0 Å². The van der Waals surface area contributed by atoms with Crippen molar-refractivity contribution in [1.82, 2.24) is 4.98 Å². The molecular formula is C20H13ClN2O. The number of benzene rings is 2. The molecule has 0 N–H and O–H groups in total. The smallest absolute Gasteiger partial charge is 0.230 e. The summed E-state index contributed by atoms with van der Waals surface area (Å²) in [6, 6.07) is 20.9. The minimum absolute atomic E-state index is 0.264. The topological polar surface area (TPSA) is 39.8 Å². The van der Waals surface area contributed by atoms with Gasteiger partial charge < -0.3 is 5.11 Å². The Labute approximate surface area is 144 Å². The van der Waals surface area contributed by atoms with E-state index in [1.165, 1.54) is 0 Å². The lowest BCUT2D eigenvalue weighted by molar-refractivity contribution is -0.599. The van der Waals surface area contributed by atoms with Crippen LogP contribution in [-0.2, 0) is 0 Å². The Morgan fingerprint density at radius 3 is 2.33 bits per heavy atom. The number of rotatable bonds is 2. The normalized spacial score (nSPS) is 10.9. The Kier molecular flexibility index (Phi) is 3.63. The molecule has 4 aromatic rings. The van der Waals surface area contributed by atoms with Gasteiger partial charge in [0.05, 0.1) is 17.0 Å². The molecule has 2 aromatic heterocycles. The van der Waals surface area contributed by atoms with Crippen molar-refractivity contribution in [2.24, 2.45) is 0 Å². The molecule has 0 unspecified atom stereocenters. The molecule has 0 radical (unpaired) electrons. The SMILES string of the molecule is [O-]c1nc2ccc(Cl)cc2c(-c2ccccc2)c1-[n+]1ccccc1. The summed E-state index contributed by atoms with van der Waals surface area (Å²) in [4.78, 5) is 4.24. The van der Waals surface area contributed by atoms with Crippen LogP contribution in [0.5, 0.6) is 5.88 Å². The van der Waals surface area contributed by atoms with Crippen molar-refractivity contribution in [3.8, 4) is 22.7 Å². The Hall–Kier alpha value is -2.91. The van der Waals surface area contributed by atoms with E-state index in [0.29, 0.717) is 16.2 Å². The first-order valence-corrected chi connectivity index (χ1v) is 7.94. The third kappa shape index (κ3) is 2.49.